The fraction of sp³-hybridized carbons (Fsp3) is 0.483. The SMILES string of the molecule is COc1nc2[nH]cc(F)c2cc1Oc1cc(N2CCC3(CC2)CC(N2CCN(Cc4ccnc(C(C)(F)F)c4)CC2c2ccccc2C(C)C)C3)ccc1C(=O)NSc1cnc(OC[C@H]2CC[C@](C)(O)CC2)c([NH+](C)[O-])c1. The number of fused-ring (bicyclic) bond motifs is 1. The molecule has 2 unspecified atom stereocenters. The number of nitrogens with zero attached hydrogens (tertiary/aromatic N) is 6. The zero-order chi connectivity index (χ0) is 54.2. The van der Waals surface area contributed by atoms with Gasteiger partial charge >= 0.3 is 0 Å². The van der Waals surface area contributed by atoms with Gasteiger partial charge in [0.05, 0.1) is 42.2 Å². The maximum absolute atomic E-state index is 14.9. The molecule has 6 aromatic rings. The number of piperidine rings is 1. The number of aromatic amines is 1. The predicted molar refractivity (Wildman–Crippen MR) is 291 cm³/mol. The number of anilines is 1. The molecule has 19 heteroatoms. The van der Waals surface area contributed by atoms with Crippen molar-refractivity contribution >= 4 is 40.3 Å². The highest BCUT2D eigenvalue weighted by atomic mass is 32.2. The molecular formula is C58H70F3N9O6S. The Morgan fingerprint density at radius 2 is 1.77 bits per heavy atom. The second-order valence-corrected chi connectivity index (χ2v) is 23.3. The Balaban J connectivity index is 0.833. The Morgan fingerprint density at radius 3 is 2.49 bits per heavy atom. The molecule has 4 N–H and O–H groups in total. The first-order valence-electron chi connectivity index (χ1n) is 26.9. The van der Waals surface area contributed by atoms with Crippen LogP contribution >= 0.6 is 11.9 Å². The third-order valence-electron chi connectivity index (χ3n) is 16.4. The van der Waals surface area contributed by atoms with Gasteiger partial charge in [-0.25, -0.2) is 9.37 Å². The molecule has 0 radical (unpaired) electrons. The Kier molecular flexibility index (Phi) is 15.8. The van der Waals surface area contributed by atoms with Crippen LogP contribution in [0.3, 0.4) is 0 Å². The van der Waals surface area contributed by atoms with Crippen molar-refractivity contribution in [1.82, 2.24) is 34.5 Å². The number of ether oxygens (including phenoxy) is 3. The third-order valence-corrected chi connectivity index (χ3v) is 17.2. The minimum Gasteiger partial charge on any atom is -0.629 e. The summed E-state index contributed by atoms with van der Waals surface area (Å²) in [6.45, 7) is 12.3. The van der Waals surface area contributed by atoms with Crippen LogP contribution in [0.1, 0.15) is 124 Å². The summed E-state index contributed by atoms with van der Waals surface area (Å²) in [7, 11) is 2.89. The lowest BCUT2D eigenvalue weighted by atomic mass is 9.59. The van der Waals surface area contributed by atoms with E-state index in [4.69, 9.17) is 14.2 Å². The van der Waals surface area contributed by atoms with Crippen molar-refractivity contribution < 1.29 is 42.3 Å². The minimum absolute atomic E-state index is 0.105. The molecular weight excluding hydrogens is 1010 g/mol. The molecule has 4 fully saturated rings. The number of piperazine rings is 1. The van der Waals surface area contributed by atoms with Gasteiger partial charge in [0.2, 0.25) is 0 Å². The zero-order valence-corrected chi connectivity index (χ0v) is 45.5. The number of rotatable bonds is 17. The number of alkyl halides is 2. The fourth-order valence-corrected chi connectivity index (χ4v) is 12.5. The van der Waals surface area contributed by atoms with Crippen molar-refractivity contribution in [3.05, 3.63) is 124 Å². The molecule has 2 aromatic carbocycles. The summed E-state index contributed by atoms with van der Waals surface area (Å²) in [6, 6.07) is 21.3. The molecule has 2 saturated heterocycles. The summed E-state index contributed by atoms with van der Waals surface area (Å²) in [5.41, 5.74) is 4.48. The molecule has 4 aliphatic rings. The molecule has 2 aliphatic carbocycles. The summed E-state index contributed by atoms with van der Waals surface area (Å²) in [6.07, 6.45) is 11.4. The average molecular weight is 1080 g/mol. The van der Waals surface area contributed by atoms with Gasteiger partial charge in [-0.1, -0.05) is 38.1 Å². The van der Waals surface area contributed by atoms with Gasteiger partial charge in [0.15, 0.2) is 11.4 Å². The maximum atomic E-state index is 14.9. The molecule has 10 rings (SSSR count). The zero-order valence-electron chi connectivity index (χ0n) is 44.7. The van der Waals surface area contributed by atoms with E-state index in [1.165, 1.54) is 43.7 Å². The lowest BCUT2D eigenvalue weighted by Crippen LogP contribution is -2.98. The van der Waals surface area contributed by atoms with Gasteiger partial charge in [-0.3, -0.25) is 24.3 Å². The average Bonchev–Trinajstić information content (AvgIpc) is 3.82. The summed E-state index contributed by atoms with van der Waals surface area (Å²) in [5.74, 6) is -2.73. The van der Waals surface area contributed by atoms with Gasteiger partial charge in [-0.15, -0.1) is 0 Å². The number of methoxy groups -OCH3 is 1. The van der Waals surface area contributed by atoms with E-state index in [2.05, 4.69) is 77.5 Å². The second kappa shape index (κ2) is 22.4. The summed E-state index contributed by atoms with van der Waals surface area (Å²) >= 11 is 1.01. The topological polar surface area (TPSA) is 169 Å². The lowest BCUT2D eigenvalue weighted by molar-refractivity contribution is -0.752. The molecule has 4 aromatic heterocycles. The number of quaternary nitrogens is 1. The van der Waals surface area contributed by atoms with Crippen molar-refractivity contribution in [2.75, 3.05) is 58.4 Å². The van der Waals surface area contributed by atoms with Crippen LogP contribution in [0.5, 0.6) is 23.3 Å². The third kappa shape index (κ3) is 12.2. The smallest absolute Gasteiger partial charge is 0.286 e. The van der Waals surface area contributed by atoms with Crippen molar-refractivity contribution in [3.63, 3.8) is 0 Å². The molecule has 2 saturated carbocycles. The standard InChI is InChI=1S/C58H70F3N9O6S/c1-36(2)42-9-7-8-10-43(42)48-34-68(33-38-15-20-62-51(25-38)57(4,60)61)23-24-70(48)40-29-58(30-40)18-21-69(22-19-58)39-11-12-44(49(26-39)76-50-28-45-46(59)32-63-52(45)65-55(50)74-6)53(71)66-77-41-27-47(67(5)73)54(64-31-41)75-35-37-13-16-56(3,72)17-14-37/h7-12,15,20,25-28,31-32,36-37,40,48,67,72H,13-14,16-19,21-24,29-30,33-35H2,1-6H3,(H,63,65)(H,66,71)/t37-,48?,56-. The highest BCUT2D eigenvalue weighted by Gasteiger charge is 2.50. The number of nitrogens with one attached hydrogen (secondary N) is 3. The van der Waals surface area contributed by atoms with Gasteiger partial charge in [0.25, 0.3) is 23.6 Å². The van der Waals surface area contributed by atoms with Gasteiger partial charge in [0.1, 0.15) is 22.9 Å². The normalized spacial score (nSPS) is 21.8. The molecule has 1 amide bonds. The number of hydrogen-bond donors (Lipinski definition) is 4. The number of amides is 1. The van der Waals surface area contributed by atoms with Crippen molar-refractivity contribution in [1.29, 1.82) is 0 Å². The lowest BCUT2D eigenvalue weighted by Gasteiger charge is -2.58. The first-order chi connectivity index (χ1) is 36.8. The number of benzene rings is 2. The van der Waals surface area contributed by atoms with Crippen molar-refractivity contribution in [2.24, 2.45) is 11.3 Å². The fourth-order valence-electron chi connectivity index (χ4n) is 11.9. The van der Waals surface area contributed by atoms with Crippen LogP contribution in [0.4, 0.5) is 24.5 Å². The number of aliphatic hydroxyl groups is 1. The van der Waals surface area contributed by atoms with Crippen LogP contribution in [-0.2, 0) is 12.5 Å². The number of halogens is 3. The number of hydrogen-bond acceptors (Lipinski definition) is 13. The molecule has 410 valence electrons. The quantitative estimate of drug-likeness (QED) is 0.0504. The number of aromatic nitrogens is 4. The first-order valence-corrected chi connectivity index (χ1v) is 27.7. The largest absolute Gasteiger partial charge is 0.629 e. The molecule has 2 atom stereocenters. The first kappa shape index (κ1) is 54.4. The van der Waals surface area contributed by atoms with Gasteiger partial charge in [0, 0.05) is 101 Å². The Morgan fingerprint density at radius 1 is 1.00 bits per heavy atom. The molecule has 77 heavy (non-hydrogen) atoms. The summed E-state index contributed by atoms with van der Waals surface area (Å²) in [4.78, 5) is 37.8. The molecule has 0 bridgehead atoms. The van der Waals surface area contributed by atoms with Gasteiger partial charge in [-0.05, 0) is 128 Å². The monoisotopic (exact) mass is 1080 g/mol. The van der Waals surface area contributed by atoms with Gasteiger partial charge < -0.3 is 39.5 Å². The van der Waals surface area contributed by atoms with E-state index in [-0.39, 0.29) is 68.0 Å². The van der Waals surface area contributed by atoms with E-state index in [1.807, 2.05) is 25.1 Å². The number of H-pyrrole nitrogens is 1. The van der Waals surface area contributed by atoms with Crippen LogP contribution in [-0.4, -0.2) is 106 Å². The number of pyridine rings is 3. The summed E-state index contributed by atoms with van der Waals surface area (Å²) < 4.78 is 64.5. The number of carbonyl (C=O) groups excluding carboxylic acids is 1. The molecule has 1 spiro atoms. The van der Waals surface area contributed by atoms with E-state index < -0.39 is 23.2 Å². The second-order valence-electron chi connectivity index (χ2n) is 22.4. The Labute approximate surface area is 452 Å². The highest BCUT2D eigenvalue weighted by Crippen LogP contribution is 2.54. The Bertz CT molecular complexity index is 3050. The number of carbonyl (C=O) groups is 1. The van der Waals surface area contributed by atoms with E-state index >= 15 is 0 Å². The Hall–Kier alpha value is -5.96. The summed E-state index contributed by atoms with van der Waals surface area (Å²) in [5, 5.41) is 23.2. The molecule has 15 nitrogen and oxygen atoms in total. The minimum atomic E-state index is -3.01. The van der Waals surface area contributed by atoms with E-state index in [0.29, 0.717) is 48.5 Å². The van der Waals surface area contributed by atoms with E-state index in [0.717, 1.165) is 101 Å². The van der Waals surface area contributed by atoms with Crippen LogP contribution < -0.4 is 28.9 Å². The van der Waals surface area contributed by atoms with Crippen LogP contribution in [0.15, 0.2) is 90.2 Å². The van der Waals surface area contributed by atoms with Gasteiger partial charge in [-0.2, -0.15) is 13.8 Å². The van der Waals surface area contributed by atoms with Crippen LogP contribution in [0.25, 0.3) is 11.0 Å². The van der Waals surface area contributed by atoms with E-state index in [9.17, 15) is 28.3 Å². The van der Waals surface area contributed by atoms with E-state index in [1.54, 1.807) is 24.4 Å². The predicted octanol–water partition coefficient (Wildman–Crippen LogP) is 10.2. The highest BCUT2D eigenvalue weighted by molar-refractivity contribution is 7.98. The van der Waals surface area contributed by atoms with Crippen LogP contribution in [0, 0.1) is 22.4 Å². The van der Waals surface area contributed by atoms with Crippen molar-refractivity contribution in [2.45, 2.75) is 120 Å². The van der Waals surface area contributed by atoms with Crippen LogP contribution in [0.2, 0.25) is 0 Å². The number of hydroxylamine groups is 1. The van der Waals surface area contributed by atoms with Crippen molar-refractivity contribution in [3.8, 4) is 23.3 Å². The maximum Gasteiger partial charge on any atom is 0.286 e. The molecule has 6 heterocycles. The molecule has 2 aliphatic heterocycles.